The first-order chi connectivity index (χ1) is 9.25. The van der Waals surface area contributed by atoms with Gasteiger partial charge in [0.15, 0.2) is 0 Å². The molecule has 0 nitrogen and oxygen atoms in total. The third kappa shape index (κ3) is 4.86. The zero-order valence-corrected chi connectivity index (χ0v) is 12.4. The second kappa shape index (κ2) is 7.53. The van der Waals surface area contributed by atoms with E-state index in [0.29, 0.717) is 5.92 Å². The molecule has 1 atom stereocenters. The van der Waals surface area contributed by atoms with E-state index in [4.69, 9.17) is 0 Å². The maximum Gasteiger partial charge on any atom is -0.0125 e. The van der Waals surface area contributed by atoms with Crippen LogP contribution in [0.15, 0.2) is 42.5 Å². The summed E-state index contributed by atoms with van der Waals surface area (Å²) in [6.45, 7) is 6.27. The van der Waals surface area contributed by atoms with Gasteiger partial charge in [0.2, 0.25) is 0 Å². The van der Waals surface area contributed by atoms with E-state index in [1.807, 2.05) is 0 Å². The highest BCUT2D eigenvalue weighted by Gasteiger charge is 2.16. The van der Waals surface area contributed by atoms with Crippen molar-refractivity contribution in [1.82, 2.24) is 0 Å². The summed E-state index contributed by atoms with van der Waals surface area (Å²) in [4.78, 5) is 0. The SMILES string of the molecule is C=C(C)C[C@@H](CCCC1CCCC1)c1ccccc1. The molecule has 0 aliphatic heterocycles. The standard InChI is InChI=1S/C19H28/c1-16(2)15-19(18-12-4-3-5-13-18)14-8-11-17-9-6-7-10-17/h3-5,12-13,17,19H,1,6-11,14-15H2,2H3/t19-/m1/s1. The molecule has 1 fully saturated rings. The molecule has 0 heteroatoms. The molecule has 2 rings (SSSR count). The van der Waals surface area contributed by atoms with Gasteiger partial charge in [-0.25, -0.2) is 0 Å². The minimum Gasteiger partial charge on any atom is -0.100 e. The first-order valence-electron chi connectivity index (χ1n) is 7.95. The highest BCUT2D eigenvalue weighted by molar-refractivity contribution is 5.21. The minimum absolute atomic E-state index is 0.681. The third-order valence-electron chi connectivity index (χ3n) is 4.51. The van der Waals surface area contributed by atoms with Gasteiger partial charge in [0.25, 0.3) is 0 Å². The molecule has 104 valence electrons. The van der Waals surface area contributed by atoms with E-state index < -0.39 is 0 Å². The molecule has 19 heavy (non-hydrogen) atoms. The summed E-state index contributed by atoms with van der Waals surface area (Å²) in [6, 6.07) is 11.0. The maximum absolute atomic E-state index is 4.11. The van der Waals surface area contributed by atoms with Crippen molar-refractivity contribution in [3.8, 4) is 0 Å². The summed E-state index contributed by atoms with van der Waals surface area (Å²) in [5.41, 5.74) is 2.81. The van der Waals surface area contributed by atoms with E-state index in [1.165, 1.54) is 56.1 Å². The molecule has 0 unspecified atom stereocenters. The van der Waals surface area contributed by atoms with Crippen LogP contribution in [0.1, 0.15) is 69.8 Å². The van der Waals surface area contributed by atoms with E-state index in [2.05, 4.69) is 43.8 Å². The molecule has 0 heterocycles. The quantitative estimate of drug-likeness (QED) is 0.517. The van der Waals surface area contributed by atoms with Gasteiger partial charge in [0.1, 0.15) is 0 Å². The van der Waals surface area contributed by atoms with Crippen molar-refractivity contribution in [2.24, 2.45) is 5.92 Å². The van der Waals surface area contributed by atoms with Gasteiger partial charge in [-0.05, 0) is 37.2 Å². The molecule has 1 saturated carbocycles. The van der Waals surface area contributed by atoms with Crippen LogP contribution in [0, 0.1) is 5.92 Å². The van der Waals surface area contributed by atoms with Crippen LogP contribution in [-0.4, -0.2) is 0 Å². The molecule has 0 radical (unpaired) electrons. The molecule has 0 amide bonds. The topological polar surface area (TPSA) is 0 Å². The van der Waals surface area contributed by atoms with Crippen molar-refractivity contribution < 1.29 is 0 Å². The summed E-state index contributed by atoms with van der Waals surface area (Å²) < 4.78 is 0. The lowest BCUT2D eigenvalue weighted by atomic mass is 9.87. The highest BCUT2D eigenvalue weighted by Crippen LogP contribution is 2.33. The Morgan fingerprint density at radius 1 is 1.21 bits per heavy atom. The molecule has 0 aromatic heterocycles. The maximum atomic E-state index is 4.11. The smallest absolute Gasteiger partial charge is 0.0125 e. The fraction of sp³-hybridized carbons (Fsp3) is 0.579. The normalized spacial score (nSPS) is 17.5. The fourth-order valence-electron chi connectivity index (χ4n) is 3.48. The molecular weight excluding hydrogens is 228 g/mol. The molecule has 1 aliphatic carbocycles. The monoisotopic (exact) mass is 256 g/mol. The largest absolute Gasteiger partial charge is 0.100 e. The Kier molecular flexibility index (Phi) is 5.69. The molecule has 0 N–H and O–H groups in total. The van der Waals surface area contributed by atoms with Gasteiger partial charge in [0, 0.05) is 0 Å². The van der Waals surface area contributed by atoms with Gasteiger partial charge in [-0.2, -0.15) is 0 Å². The summed E-state index contributed by atoms with van der Waals surface area (Å²) in [5, 5.41) is 0. The zero-order chi connectivity index (χ0) is 13.5. The van der Waals surface area contributed by atoms with Gasteiger partial charge in [-0.15, -0.1) is 6.58 Å². The van der Waals surface area contributed by atoms with E-state index in [-0.39, 0.29) is 0 Å². The summed E-state index contributed by atoms with van der Waals surface area (Å²) in [6.07, 6.45) is 11.2. The minimum atomic E-state index is 0.681. The molecule has 0 spiro atoms. The van der Waals surface area contributed by atoms with Crippen LogP contribution >= 0.6 is 0 Å². The molecular formula is C19H28. The first-order valence-corrected chi connectivity index (χ1v) is 7.95. The van der Waals surface area contributed by atoms with Crippen LogP contribution in [0.4, 0.5) is 0 Å². The van der Waals surface area contributed by atoms with Crippen LogP contribution in [-0.2, 0) is 0 Å². The van der Waals surface area contributed by atoms with Crippen LogP contribution in [0.5, 0.6) is 0 Å². The van der Waals surface area contributed by atoms with Crippen molar-refractivity contribution in [1.29, 1.82) is 0 Å². The summed E-state index contributed by atoms with van der Waals surface area (Å²) >= 11 is 0. The van der Waals surface area contributed by atoms with Gasteiger partial charge in [-0.1, -0.05) is 74.4 Å². The number of allylic oxidation sites excluding steroid dienone is 1. The number of benzene rings is 1. The highest BCUT2D eigenvalue weighted by atomic mass is 14.2. The lowest BCUT2D eigenvalue weighted by Crippen LogP contribution is -2.01. The Balaban J connectivity index is 1.85. The first kappa shape index (κ1) is 14.4. The zero-order valence-electron chi connectivity index (χ0n) is 12.4. The average molecular weight is 256 g/mol. The van der Waals surface area contributed by atoms with Crippen molar-refractivity contribution in [2.75, 3.05) is 0 Å². The predicted octanol–water partition coefficient (Wildman–Crippen LogP) is 6.10. The molecule has 1 aliphatic rings. The van der Waals surface area contributed by atoms with E-state index >= 15 is 0 Å². The van der Waals surface area contributed by atoms with E-state index in [9.17, 15) is 0 Å². The lowest BCUT2D eigenvalue weighted by molar-refractivity contribution is 0.452. The number of rotatable bonds is 7. The van der Waals surface area contributed by atoms with Gasteiger partial charge >= 0.3 is 0 Å². The Hall–Kier alpha value is -1.04. The second-order valence-electron chi connectivity index (χ2n) is 6.35. The van der Waals surface area contributed by atoms with E-state index in [1.54, 1.807) is 0 Å². The average Bonchev–Trinajstić information content (AvgIpc) is 2.91. The molecule has 0 saturated heterocycles. The third-order valence-corrected chi connectivity index (χ3v) is 4.51. The lowest BCUT2D eigenvalue weighted by Gasteiger charge is -2.18. The van der Waals surface area contributed by atoms with Crippen LogP contribution < -0.4 is 0 Å². The molecule has 1 aromatic carbocycles. The summed E-state index contributed by atoms with van der Waals surface area (Å²) in [5.74, 6) is 1.71. The Morgan fingerprint density at radius 3 is 2.53 bits per heavy atom. The Bertz CT molecular complexity index is 370. The number of hydrogen-bond acceptors (Lipinski definition) is 0. The van der Waals surface area contributed by atoms with Gasteiger partial charge < -0.3 is 0 Å². The van der Waals surface area contributed by atoms with E-state index in [0.717, 1.165) is 12.3 Å². The van der Waals surface area contributed by atoms with Crippen molar-refractivity contribution in [3.05, 3.63) is 48.0 Å². The van der Waals surface area contributed by atoms with Crippen LogP contribution in [0.25, 0.3) is 0 Å². The van der Waals surface area contributed by atoms with Crippen LogP contribution in [0.3, 0.4) is 0 Å². The Morgan fingerprint density at radius 2 is 1.89 bits per heavy atom. The predicted molar refractivity (Wildman–Crippen MR) is 84.4 cm³/mol. The van der Waals surface area contributed by atoms with Crippen molar-refractivity contribution >= 4 is 0 Å². The number of hydrogen-bond donors (Lipinski definition) is 0. The van der Waals surface area contributed by atoms with Gasteiger partial charge in [0.05, 0.1) is 0 Å². The van der Waals surface area contributed by atoms with Crippen molar-refractivity contribution in [3.63, 3.8) is 0 Å². The van der Waals surface area contributed by atoms with Crippen LogP contribution in [0.2, 0.25) is 0 Å². The second-order valence-corrected chi connectivity index (χ2v) is 6.35. The van der Waals surface area contributed by atoms with Gasteiger partial charge in [-0.3, -0.25) is 0 Å². The fourth-order valence-corrected chi connectivity index (χ4v) is 3.48. The molecule has 1 aromatic rings. The summed E-state index contributed by atoms with van der Waals surface area (Å²) in [7, 11) is 0. The Labute approximate surface area is 118 Å². The van der Waals surface area contributed by atoms with Crippen molar-refractivity contribution in [2.45, 2.75) is 64.2 Å². The molecule has 0 bridgehead atoms.